The van der Waals surface area contributed by atoms with Crippen LogP contribution in [0.2, 0.25) is 0 Å². The largest absolute Gasteiger partial charge is 0.449 e. The molecule has 0 spiro atoms. The van der Waals surface area contributed by atoms with Crippen LogP contribution in [0.1, 0.15) is 22.3 Å². The zero-order valence-corrected chi connectivity index (χ0v) is 37.3. The number of benzene rings is 10. The van der Waals surface area contributed by atoms with E-state index < -0.39 is 5.41 Å². The van der Waals surface area contributed by atoms with Gasteiger partial charge in [-0.2, -0.15) is 0 Å². The number of hydrogen-bond donors (Lipinski definition) is 0. The molecule has 0 saturated heterocycles. The van der Waals surface area contributed by atoms with Crippen molar-refractivity contribution in [2.24, 2.45) is 0 Å². The van der Waals surface area contributed by atoms with Crippen molar-refractivity contribution in [1.29, 1.82) is 0 Å². The molecular weight excluding hydrogens is 843 g/mol. The lowest BCUT2D eigenvalue weighted by molar-refractivity contribution is 0.360. The van der Waals surface area contributed by atoms with Gasteiger partial charge in [0.2, 0.25) is 0 Å². The van der Waals surface area contributed by atoms with Gasteiger partial charge in [0.05, 0.1) is 5.41 Å². The average molecular weight is 884 g/mol. The van der Waals surface area contributed by atoms with Crippen molar-refractivity contribution in [3.63, 3.8) is 0 Å². The molecule has 11 aromatic rings. The number of hydrogen-bond acceptors (Lipinski definition) is 5. The predicted octanol–water partition coefficient (Wildman–Crippen LogP) is 16.1. The molecule has 324 valence electrons. The molecule has 0 N–H and O–H groups in total. The number of aromatic nitrogens is 3. The van der Waals surface area contributed by atoms with Crippen LogP contribution in [0.4, 0.5) is 0 Å². The van der Waals surface area contributed by atoms with Crippen molar-refractivity contribution in [3.8, 4) is 102 Å². The van der Waals surface area contributed by atoms with Gasteiger partial charge in [0.1, 0.15) is 0 Å². The second-order valence-corrected chi connectivity index (χ2v) is 17.5. The van der Waals surface area contributed by atoms with Crippen molar-refractivity contribution in [2.45, 2.75) is 5.41 Å². The summed E-state index contributed by atoms with van der Waals surface area (Å²) in [5.74, 6) is 4.39. The Kier molecular flexibility index (Phi) is 9.65. The molecule has 2 aliphatic rings. The summed E-state index contributed by atoms with van der Waals surface area (Å²) in [5.41, 5.74) is 15.3. The second-order valence-electron chi connectivity index (χ2n) is 17.5. The fraction of sp³-hybridized carbons (Fsp3) is 0.0156. The minimum atomic E-state index is -0.568. The summed E-state index contributed by atoms with van der Waals surface area (Å²) in [5, 5.41) is 0. The highest BCUT2D eigenvalue weighted by Gasteiger charge is 2.48. The Hall–Kier alpha value is -9.19. The maximum Gasteiger partial charge on any atom is 0.178 e. The fourth-order valence-electron chi connectivity index (χ4n) is 10.4. The Balaban J connectivity index is 0.938. The molecule has 0 fully saturated rings. The summed E-state index contributed by atoms with van der Waals surface area (Å²) in [7, 11) is 0. The van der Waals surface area contributed by atoms with Crippen LogP contribution >= 0.6 is 0 Å². The Labute approximate surface area is 400 Å². The van der Waals surface area contributed by atoms with E-state index in [1.54, 1.807) is 0 Å². The zero-order valence-electron chi connectivity index (χ0n) is 37.3. The lowest BCUT2D eigenvalue weighted by Crippen LogP contribution is -2.28. The molecule has 0 atom stereocenters. The van der Waals surface area contributed by atoms with Crippen molar-refractivity contribution < 1.29 is 9.47 Å². The Morgan fingerprint density at radius 1 is 0.275 bits per heavy atom. The van der Waals surface area contributed by atoms with Crippen molar-refractivity contribution in [2.75, 3.05) is 0 Å². The SMILES string of the molecule is c1ccc(-c2cccc(-c3nc(-c4cccc(-c5ccccc5)c4)nc(-c4ccccc4-c4ccc5c(c4)Oc4c(ccc6c4-c4ccccc4C6(c4ccccc4)c4ccccc4)O5)n3)c2)cc1. The summed E-state index contributed by atoms with van der Waals surface area (Å²) in [6.45, 7) is 0. The molecule has 5 heteroatoms. The molecule has 0 bridgehead atoms. The topological polar surface area (TPSA) is 57.1 Å². The van der Waals surface area contributed by atoms with Crippen LogP contribution in [0.3, 0.4) is 0 Å². The maximum atomic E-state index is 7.13. The summed E-state index contributed by atoms with van der Waals surface area (Å²) in [6.07, 6.45) is 0. The smallest absolute Gasteiger partial charge is 0.178 e. The van der Waals surface area contributed by atoms with E-state index in [0.29, 0.717) is 40.5 Å². The predicted molar refractivity (Wildman–Crippen MR) is 276 cm³/mol. The molecular formula is C64H41N3O2. The second kappa shape index (κ2) is 16.6. The van der Waals surface area contributed by atoms with Crippen LogP contribution in [0, 0.1) is 0 Å². The van der Waals surface area contributed by atoms with E-state index in [0.717, 1.165) is 66.8 Å². The zero-order chi connectivity index (χ0) is 45.7. The van der Waals surface area contributed by atoms with E-state index in [-0.39, 0.29) is 0 Å². The average Bonchev–Trinajstić information content (AvgIpc) is 3.75. The van der Waals surface area contributed by atoms with E-state index in [9.17, 15) is 0 Å². The van der Waals surface area contributed by atoms with Gasteiger partial charge in [-0.1, -0.05) is 218 Å². The van der Waals surface area contributed by atoms with Crippen LogP contribution in [0.15, 0.2) is 249 Å². The molecule has 5 nitrogen and oxygen atoms in total. The summed E-state index contributed by atoms with van der Waals surface area (Å²) >= 11 is 0. The number of ether oxygens (including phenoxy) is 2. The first-order chi connectivity index (χ1) is 34.2. The lowest BCUT2D eigenvalue weighted by atomic mass is 9.68. The highest BCUT2D eigenvalue weighted by molar-refractivity contribution is 5.92. The van der Waals surface area contributed by atoms with Gasteiger partial charge in [-0.25, -0.2) is 15.0 Å². The van der Waals surface area contributed by atoms with E-state index in [2.05, 4.69) is 224 Å². The first-order valence-electron chi connectivity index (χ1n) is 23.2. The Morgan fingerprint density at radius 3 is 1.36 bits per heavy atom. The first-order valence-corrected chi connectivity index (χ1v) is 23.2. The monoisotopic (exact) mass is 883 g/mol. The molecule has 2 heterocycles. The third-order valence-corrected chi connectivity index (χ3v) is 13.5. The van der Waals surface area contributed by atoms with Crippen LogP contribution in [-0.2, 0) is 5.41 Å². The van der Waals surface area contributed by atoms with E-state index >= 15 is 0 Å². The number of rotatable bonds is 8. The van der Waals surface area contributed by atoms with Crippen molar-refractivity contribution in [1.82, 2.24) is 15.0 Å². The normalized spacial score (nSPS) is 12.7. The Bertz CT molecular complexity index is 3580. The molecule has 1 aromatic heterocycles. The van der Waals surface area contributed by atoms with Crippen LogP contribution < -0.4 is 9.47 Å². The minimum Gasteiger partial charge on any atom is -0.449 e. The van der Waals surface area contributed by atoms with Crippen LogP contribution in [-0.4, -0.2) is 15.0 Å². The molecule has 0 unspecified atom stereocenters. The molecule has 0 radical (unpaired) electrons. The van der Waals surface area contributed by atoms with Gasteiger partial charge in [0.25, 0.3) is 0 Å². The van der Waals surface area contributed by atoms with E-state index in [1.807, 2.05) is 24.3 Å². The molecule has 1 aliphatic heterocycles. The standard InChI is InChI=1S/C64H41N3O2/c1-5-19-42(20-6-1)44-23-17-25-47(39-44)61-65-62(48-26-18-24-45(40-48)43-21-7-2-8-22-43)67-63(66-61)52-32-14-13-31-51(52)46-35-37-56-58(41-46)69-60-57(68-56)38-36-55-59(60)53-33-15-16-34-54(53)64(55,49-27-9-3-10-28-49)50-29-11-4-12-30-50/h1-41H. The van der Waals surface area contributed by atoms with Crippen molar-refractivity contribution in [3.05, 3.63) is 271 Å². The van der Waals surface area contributed by atoms with Gasteiger partial charge < -0.3 is 9.47 Å². The van der Waals surface area contributed by atoms with Gasteiger partial charge >= 0.3 is 0 Å². The lowest BCUT2D eigenvalue weighted by Gasteiger charge is -2.34. The molecule has 10 aromatic carbocycles. The molecule has 1 aliphatic carbocycles. The summed E-state index contributed by atoms with van der Waals surface area (Å²) in [6, 6.07) is 86.6. The molecule has 69 heavy (non-hydrogen) atoms. The molecule has 0 amide bonds. The summed E-state index contributed by atoms with van der Waals surface area (Å²) in [4.78, 5) is 15.7. The fourth-order valence-corrected chi connectivity index (χ4v) is 10.4. The summed E-state index contributed by atoms with van der Waals surface area (Å²) < 4.78 is 13.9. The van der Waals surface area contributed by atoms with Gasteiger partial charge in [-0.05, 0) is 91.5 Å². The highest BCUT2D eigenvalue weighted by Crippen LogP contribution is 2.62. The van der Waals surface area contributed by atoms with Crippen LogP contribution in [0.5, 0.6) is 23.0 Å². The first kappa shape index (κ1) is 40.1. The third-order valence-electron chi connectivity index (χ3n) is 13.5. The highest BCUT2D eigenvalue weighted by atomic mass is 16.6. The quantitative estimate of drug-likeness (QED) is 0.152. The minimum absolute atomic E-state index is 0.564. The van der Waals surface area contributed by atoms with Gasteiger partial charge in [-0.3, -0.25) is 0 Å². The maximum absolute atomic E-state index is 7.13. The van der Waals surface area contributed by atoms with Crippen molar-refractivity contribution >= 4 is 0 Å². The van der Waals surface area contributed by atoms with E-state index in [1.165, 1.54) is 16.7 Å². The van der Waals surface area contributed by atoms with Gasteiger partial charge in [0.15, 0.2) is 40.5 Å². The molecule has 0 saturated carbocycles. The van der Waals surface area contributed by atoms with Gasteiger partial charge in [-0.15, -0.1) is 0 Å². The molecule has 13 rings (SSSR count). The number of fused-ring (bicyclic) bond motifs is 6. The number of nitrogens with zero attached hydrogens (tertiary/aromatic N) is 3. The Morgan fingerprint density at radius 2 is 0.754 bits per heavy atom. The van der Waals surface area contributed by atoms with E-state index in [4.69, 9.17) is 24.4 Å². The van der Waals surface area contributed by atoms with Crippen LogP contribution in [0.25, 0.3) is 78.7 Å². The third kappa shape index (κ3) is 6.82. The van der Waals surface area contributed by atoms with Gasteiger partial charge in [0, 0.05) is 22.3 Å².